The molecule has 1 atom stereocenters. The molecule has 1 unspecified atom stereocenters. The maximum absolute atomic E-state index is 13.0. The van der Waals surface area contributed by atoms with Crippen molar-refractivity contribution in [3.63, 3.8) is 0 Å². The normalized spacial score (nSPS) is 18.8. The molecule has 1 aromatic heterocycles. The molecule has 42 heavy (non-hydrogen) atoms. The van der Waals surface area contributed by atoms with Crippen molar-refractivity contribution in [2.75, 3.05) is 29.9 Å². The molecule has 0 saturated carbocycles. The lowest BCUT2D eigenvalue weighted by Crippen LogP contribution is -2.39. The third kappa shape index (κ3) is 5.87. The van der Waals surface area contributed by atoms with E-state index in [0.717, 1.165) is 47.2 Å². The molecular weight excluding hydrogens is 551 g/mol. The van der Waals surface area contributed by atoms with Gasteiger partial charge in [-0.25, -0.2) is 4.79 Å². The number of likely N-dealkylation sites (tertiary alicyclic amines) is 1. The maximum Gasteiger partial charge on any atom is 0.416 e. The minimum Gasteiger partial charge on any atom is -0.490 e. The Kier molecular flexibility index (Phi) is 8.04. The van der Waals surface area contributed by atoms with Crippen LogP contribution in [0.15, 0.2) is 40.8 Å². The summed E-state index contributed by atoms with van der Waals surface area (Å²) in [4.78, 5) is 27.3. The molecule has 2 fully saturated rings. The minimum absolute atomic E-state index is 0.175. The third-order valence-electron chi connectivity index (χ3n) is 8.17. The fourth-order valence-electron chi connectivity index (χ4n) is 6.24. The van der Waals surface area contributed by atoms with E-state index < -0.39 is 29.3 Å². The van der Waals surface area contributed by atoms with Crippen LogP contribution in [0.3, 0.4) is 0 Å². The van der Waals surface area contributed by atoms with Crippen molar-refractivity contribution in [3.05, 3.63) is 53.1 Å². The summed E-state index contributed by atoms with van der Waals surface area (Å²) >= 11 is 0. The van der Waals surface area contributed by atoms with Crippen LogP contribution < -0.4 is 15.0 Å². The van der Waals surface area contributed by atoms with E-state index in [0.29, 0.717) is 62.5 Å². The van der Waals surface area contributed by atoms with Gasteiger partial charge in [0.15, 0.2) is 0 Å². The van der Waals surface area contributed by atoms with Gasteiger partial charge < -0.3 is 24.1 Å². The van der Waals surface area contributed by atoms with E-state index in [9.17, 15) is 27.9 Å². The highest BCUT2D eigenvalue weighted by atomic mass is 19.4. The number of nitrogens with zero attached hydrogens (tertiary/aromatic N) is 2. The van der Waals surface area contributed by atoms with Crippen LogP contribution in [0, 0.1) is 0 Å². The fraction of sp³-hybridized carbons (Fsp3) is 0.484. The summed E-state index contributed by atoms with van der Waals surface area (Å²) in [5, 5.41) is 13.5. The molecule has 5 rings (SSSR count). The Morgan fingerprint density at radius 3 is 2.31 bits per heavy atom. The Balaban J connectivity index is 1.48. The smallest absolute Gasteiger partial charge is 0.416 e. The first-order valence-corrected chi connectivity index (χ1v) is 14.3. The van der Waals surface area contributed by atoms with Gasteiger partial charge in [0.2, 0.25) is 12.3 Å². The molecule has 2 N–H and O–H groups in total. The molecule has 0 bridgehead atoms. The molecule has 0 aliphatic carbocycles. The van der Waals surface area contributed by atoms with E-state index in [2.05, 4.69) is 5.32 Å². The van der Waals surface area contributed by atoms with E-state index in [1.807, 2.05) is 31.7 Å². The molecule has 2 saturated heterocycles. The first kappa shape index (κ1) is 29.6. The topological polar surface area (TPSA) is 95.3 Å². The van der Waals surface area contributed by atoms with Crippen molar-refractivity contribution in [3.8, 4) is 5.75 Å². The number of fused-ring (bicyclic) bond motifs is 1. The molecule has 3 heterocycles. The Morgan fingerprint density at radius 1 is 1.02 bits per heavy atom. The minimum atomic E-state index is -4.38. The van der Waals surface area contributed by atoms with Gasteiger partial charge in [0.25, 0.3) is 0 Å². The van der Waals surface area contributed by atoms with Gasteiger partial charge in [-0.15, -0.1) is 0 Å². The number of halogens is 3. The second-order valence-electron chi connectivity index (χ2n) is 12.0. The van der Waals surface area contributed by atoms with Crippen LogP contribution in [-0.2, 0) is 16.4 Å². The van der Waals surface area contributed by atoms with Gasteiger partial charge in [0.1, 0.15) is 17.4 Å². The number of furan rings is 1. The number of ether oxygens (including phenoxy) is 1. The average Bonchev–Trinajstić information content (AvgIpc) is 3.32. The predicted molar refractivity (Wildman–Crippen MR) is 153 cm³/mol. The molecule has 2 aliphatic heterocycles. The molecule has 0 spiro atoms. The number of amides is 2. The Hall–Kier alpha value is -3.89. The van der Waals surface area contributed by atoms with Gasteiger partial charge in [-0.3, -0.25) is 10.1 Å². The number of carbonyl (C=O) groups excluding carboxylic acids is 1. The number of nitrogens with one attached hydrogen (secondary N) is 1. The zero-order chi connectivity index (χ0) is 30.2. The SMILES string of the molecule is CC(C)(C)c1c(NC=O)oc2ccc(OC3CCN(c4ccc(C(F)(F)F)cc4)CC3)c(C3CCCCN3C(=O)O)c12. The Morgan fingerprint density at radius 2 is 1.71 bits per heavy atom. The van der Waals surface area contributed by atoms with Crippen LogP contribution in [0.2, 0.25) is 0 Å². The molecule has 2 amide bonds. The molecule has 2 aliphatic rings. The second kappa shape index (κ2) is 11.4. The molecule has 8 nitrogen and oxygen atoms in total. The maximum atomic E-state index is 13.0. The Labute approximate surface area is 242 Å². The number of rotatable bonds is 6. The van der Waals surface area contributed by atoms with Crippen LogP contribution >= 0.6 is 0 Å². The van der Waals surface area contributed by atoms with Crippen molar-refractivity contribution in [2.24, 2.45) is 0 Å². The van der Waals surface area contributed by atoms with Crippen LogP contribution in [0.5, 0.6) is 5.75 Å². The number of hydrogen-bond donors (Lipinski definition) is 2. The number of alkyl halides is 3. The number of hydrogen-bond acceptors (Lipinski definition) is 5. The average molecular weight is 588 g/mol. The van der Waals surface area contributed by atoms with Crippen molar-refractivity contribution in [1.82, 2.24) is 4.90 Å². The lowest BCUT2D eigenvalue weighted by molar-refractivity contribution is -0.137. The third-order valence-corrected chi connectivity index (χ3v) is 8.17. The van der Waals surface area contributed by atoms with Crippen LogP contribution in [0.1, 0.15) is 75.6 Å². The van der Waals surface area contributed by atoms with Gasteiger partial charge in [-0.1, -0.05) is 20.8 Å². The summed E-state index contributed by atoms with van der Waals surface area (Å²) in [6.45, 7) is 7.64. The Bertz CT molecular complexity index is 1440. The fourth-order valence-corrected chi connectivity index (χ4v) is 6.24. The number of anilines is 2. The first-order chi connectivity index (χ1) is 19.9. The van der Waals surface area contributed by atoms with E-state index in [4.69, 9.17) is 9.15 Å². The van der Waals surface area contributed by atoms with Crippen molar-refractivity contribution >= 4 is 35.0 Å². The quantitative estimate of drug-likeness (QED) is 0.289. The highest BCUT2D eigenvalue weighted by molar-refractivity contribution is 5.94. The van der Waals surface area contributed by atoms with E-state index in [1.54, 1.807) is 6.07 Å². The molecular formula is C31H36F3N3O5. The van der Waals surface area contributed by atoms with Gasteiger partial charge in [0, 0.05) is 54.7 Å². The van der Waals surface area contributed by atoms with Crippen LogP contribution in [-0.4, -0.2) is 48.2 Å². The lowest BCUT2D eigenvalue weighted by Gasteiger charge is -2.37. The summed E-state index contributed by atoms with van der Waals surface area (Å²) in [5.74, 6) is 0.908. The van der Waals surface area contributed by atoms with Crippen LogP contribution in [0.25, 0.3) is 11.0 Å². The highest BCUT2D eigenvalue weighted by Crippen LogP contribution is 2.48. The molecule has 11 heteroatoms. The van der Waals surface area contributed by atoms with Crippen LogP contribution in [0.4, 0.5) is 29.5 Å². The van der Waals surface area contributed by atoms with Crippen molar-refractivity contribution in [1.29, 1.82) is 0 Å². The molecule has 0 radical (unpaired) electrons. The summed E-state index contributed by atoms with van der Waals surface area (Å²) in [6, 6.07) is 8.35. The summed E-state index contributed by atoms with van der Waals surface area (Å²) in [7, 11) is 0. The molecule has 3 aromatic rings. The number of benzene rings is 2. The molecule has 226 valence electrons. The zero-order valence-electron chi connectivity index (χ0n) is 24.0. The van der Waals surface area contributed by atoms with E-state index in [-0.39, 0.29) is 6.10 Å². The summed E-state index contributed by atoms with van der Waals surface area (Å²) in [5.41, 5.74) is 1.67. The lowest BCUT2D eigenvalue weighted by atomic mass is 9.82. The summed E-state index contributed by atoms with van der Waals surface area (Å²) < 4.78 is 51.7. The first-order valence-electron chi connectivity index (χ1n) is 14.3. The second-order valence-corrected chi connectivity index (χ2v) is 12.0. The van der Waals surface area contributed by atoms with Gasteiger partial charge in [-0.2, -0.15) is 13.2 Å². The predicted octanol–water partition coefficient (Wildman–Crippen LogP) is 7.57. The van der Waals surface area contributed by atoms with Crippen molar-refractivity contribution < 1.29 is 37.0 Å². The van der Waals surface area contributed by atoms with Gasteiger partial charge in [-0.05, 0) is 61.1 Å². The van der Waals surface area contributed by atoms with Gasteiger partial charge in [0.05, 0.1) is 11.6 Å². The molecule has 2 aromatic carbocycles. The van der Waals surface area contributed by atoms with Crippen molar-refractivity contribution in [2.45, 2.75) is 76.6 Å². The zero-order valence-corrected chi connectivity index (χ0v) is 24.0. The number of carbonyl (C=O) groups is 2. The monoisotopic (exact) mass is 587 g/mol. The number of piperidine rings is 2. The number of carboxylic acid groups (broad SMARTS) is 1. The van der Waals surface area contributed by atoms with Gasteiger partial charge >= 0.3 is 12.3 Å². The van der Waals surface area contributed by atoms with E-state index in [1.165, 1.54) is 17.0 Å². The van der Waals surface area contributed by atoms with E-state index >= 15 is 0 Å². The standard InChI is InChI=1S/C31H36F3N3O5/c1-30(2,3)27-26-24(42-28(27)35-18-38)12-11-23(25(26)22-6-4-5-15-37(22)29(39)40)41-21-13-16-36(17-14-21)20-9-7-19(8-10-20)31(32,33)34/h7-12,18,21-22H,4-6,13-17H2,1-3H3,(H,35,38)(H,39,40). The largest absolute Gasteiger partial charge is 0.490 e. The highest BCUT2D eigenvalue weighted by Gasteiger charge is 2.37. The summed E-state index contributed by atoms with van der Waals surface area (Å²) in [6.07, 6.45) is -1.45.